The van der Waals surface area contributed by atoms with Gasteiger partial charge in [0.25, 0.3) is 5.91 Å². The monoisotopic (exact) mass is 272 g/mol. The number of fused-ring (bicyclic) bond motifs is 1. The predicted molar refractivity (Wildman–Crippen MR) is 79.6 cm³/mol. The number of hydrogen-bond donors (Lipinski definition) is 2. The zero-order valence-electron chi connectivity index (χ0n) is 11.9. The van der Waals surface area contributed by atoms with Gasteiger partial charge in [-0.3, -0.25) is 4.79 Å². The maximum absolute atomic E-state index is 12.1. The third-order valence-electron chi connectivity index (χ3n) is 3.35. The number of nitrogens with one attached hydrogen (secondary N) is 1. The molecule has 2 rings (SSSR count). The Hall–Kier alpha value is -1.94. The smallest absolute Gasteiger partial charge is 0.269 e. The molecule has 0 bridgehead atoms. The minimum Gasteiger partial charge on any atom is -0.396 e. The van der Waals surface area contributed by atoms with E-state index in [1.807, 2.05) is 44.2 Å². The van der Waals surface area contributed by atoms with Gasteiger partial charge in [0.2, 0.25) is 0 Å². The van der Waals surface area contributed by atoms with Gasteiger partial charge in [-0.15, -0.1) is 0 Å². The Morgan fingerprint density at radius 2 is 2.00 bits per heavy atom. The summed E-state index contributed by atoms with van der Waals surface area (Å²) in [5.74, 6) is -0.179. The fourth-order valence-electron chi connectivity index (χ4n) is 1.99. The van der Waals surface area contributed by atoms with Gasteiger partial charge in [-0.1, -0.05) is 38.1 Å². The summed E-state index contributed by atoms with van der Waals surface area (Å²) in [6, 6.07) is 11.3. The highest BCUT2D eigenvalue weighted by Gasteiger charge is 2.19. The number of hydrogen-bond acceptors (Lipinski definition) is 3. The summed E-state index contributed by atoms with van der Waals surface area (Å²) in [5.41, 5.74) is 1.11. The number of aliphatic hydroxyl groups excluding tert-OH is 1. The van der Waals surface area contributed by atoms with Gasteiger partial charge in [-0.05, 0) is 24.0 Å². The number of rotatable bonds is 5. The first-order valence-corrected chi connectivity index (χ1v) is 6.77. The maximum atomic E-state index is 12.1. The quantitative estimate of drug-likeness (QED) is 0.878. The second-order valence-electron chi connectivity index (χ2n) is 5.71. The summed E-state index contributed by atoms with van der Waals surface area (Å²) in [6.45, 7) is 4.66. The number of amides is 1. The molecule has 0 atom stereocenters. The summed E-state index contributed by atoms with van der Waals surface area (Å²) in [4.78, 5) is 16.5. The second-order valence-corrected chi connectivity index (χ2v) is 5.71. The van der Waals surface area contributed by atoms with Gasteiger partial charge in [0.15, 0.2) is 0 Å². The molecular formula is C16H20N2O2. The van der Waals surface area contributed by atoms with E-state index in [1.54, 1.807) is 6.07 Å². The van der Waals surface area contributed by atoms with Crippen LogP contribution in [-0.2, 0) is 0 Å². The van der Waals surface area contributed by atoms with Gasteiger partial charge in [-0.2, -0.15) is 0 Å². The highest BCUT2D eigenvalue weighted by molar-refractivity contribution is 5.94. The van der Waals surface area contributed by atoms with Crippen LogP contribution in [0.4, 0.5) is 0 Å². The van der Waals surface area contributed by atoms with Crippen molar-refractivity contribution in [2.45, 2.75) is 20.3 Å². The van der Waals surface area contributed by atoms with Crippen molar-refractivity contribution in [2.75, 3.05) is 13.2 Å². The molecule has 0 aliphatic carbocycles. The molecule has 1 amide bonds. The number of nitrogens with zero attached hydrogens (tertiary/aromatic N) is 1. The van der Waals surface area contributed by atoms with E-state index in [9.17, 15) is 4.79 Å². The molecule has 0 aliphatic rings. The number of aliphatic hydroxyl groups is 1. The molecule has 0 fully saturated rings. The first-order chi connectivity index (χ1) is 9.52. The first kappa shape index (κ1) is 14.5. The van der Waals surface area contributed by atoms with Crippen molar-refractivity contribution in [2.24, 2.45) is 5.41 Å². The lowest BCUT2D eigenvalue weighted by Gasteiger charge is -2.23. The number of para-hydroxylation sites is 1. The normalized spacial score (nSPS) is 11.6. The third kappa shape index (κ3) is 3.54. The van der Waals surface area contributed by atoms with E-state index in [1.165, 1.54) is 0 Å². The highest BCUT2D eigenvalue weighted by Crippen LogP contribution is 2.18. The molecule has 1 aromatic heterocycles. The lowest BCUT2D eigenvalue weighted by molar-refractivity contribution is 0.0923. The van der Waals surface area contributed by atoms with Gasteiger partial charge in [0.05, 0.1) is 5.52 Å². The standard InChI is InChI=1S/C16H20N2O2/c1-16(2,9-10-19)11-17-15(20)14-8-7-12-5-3-4-6-13(12)18-14/h3-8,19H,9-11H2,1-2H3,(H,17,20). The molecule has 4 heteroatoms. The molecule has 0 unspecified atom stereocenters. The molecular weight excluding hydrogens is 252 g/mol. The van der Waals surface area contributed by atoms with Crippen LogP contribution < -0.4 is 5.32 Å². The largest absolute Gasteiger partial charge is 0.396 e. The van der Waals surface area contributed by atoms with E-state index < -0.39 is 0 Å². The minimum absolute atomic E-state index is 0.122. The molecule has 4 nitrogen and oxygen atoms in total. The number of pyridine rings is 1. The number of carbonyl (C=O) groups is 1. The van der Waals surface area contributed by atoms with E-state index in [2.05, 4.69) is 10.3 Å². The zero-order valence-corrected chi connectivity index (χ0v) is 11.9. The molecule has 2 aromatic rings. The summed E-state index contributed by atoms with van der Waals surface area (Å²) >= 11 is 0. The van der Waals surface area contributed by atoms with Crippen molar-refractivity contribution in [1.82, 2.24) is 10.3 Å². The van der Waals surface area contributed by atoms with Gasteiger partial charge in [0.1, 0.15) is 5.69 Å². The molecule has 20 heavy (non-hydrogen) atoms. The Bertz CT molecular complexity index is 608. The first-order valence-electron chi connectivity index (χ1n) is 6.77. The molecule has 106 valence electrons. The highest BCUT2D eigenvalue weighted by atomic mass is 16.3. The number of aromatic nitrogens is 1. The predicted octanol–water partition coefficient (Wildman–Crippen LogP) is 2.37. The molecule has 1 aromatic carbocycles. The van der Waals surface area contributed by atoms with E-state index in [4.69, 9.17) is 5.11 Å². The molecule has 2 N–H and O–H groups in total. The Labute approximate surface area is 118 Å². The summed E-state index contributed by atoms with van der Waals surface area (Å²) < 4.78 is 0. The molecule has 0 saturated carbocycles. The maximum Gasteiger partial charge on any atom is 0.269 e. The average Bonchev–Trinajstić information content (AvgIpc) is 2.44. The van der Waals surface area contributed by atoms with Crippen LogP contribution in [0, 0.1) is 5.41 Å². The van der Waals surface area contributed by atoms with Gasteiger partial charge >= 0.3 is 0 Å². The van der Waals surface area contributed by atoms with Gasteiger partial charge in [0, 0.05) is 18.5 Å². The fraction of sp³-hybridized carbons (Fsp3) is 0.375. The van der Waals surface area contributed by atoms with Crippen molar-refractivity contribution < 1.29 is 9.90 Å². The average molecular weight is 272 g/mol. The summed E-state index contributed by atoms with van der Waals surface area (Å²) in [7, 11) is 0. The lowest BCUT2D eigenvalue weighted by atomic mass is 9.90. The lowest BCUT2D eigenvalue weighted by Crippen LogP contribution is -2.34. The van der Waals surface area contributed by atoms with Crippen LogP contribution in [-0.4, -0.2) is 29.1 Å². The molecule has 0 saturated heterocycles. The second kappa shape index (κ2) is 6.01. The molecule has 0 spiro atoms. The van der Waals surface area contributed by atoms with Crippen LogP contribution in [0.25, 0.3) is 10.9 Å². The Balaban J connectivity index is 2.08. The minimum atomic E-state index is -0.179. The van der Waals surface area contributed by atoms with Crippen LogP contribution in [0.15, 0.2) is 36.4 Å². The van der Waals surface area contributed by atoms with Crippen molar-refractivity contribution in [3.8, 4) is 0 Å². The van der Waals surface area contributed by atoms with E-state index >= 15 is 0 Å². The van der Waals surface area contributed by atoms with E-state index in [0.29, 0.717) is 18.7 Å². The summed E-state index contributed by atoms with van der Waals surface area (Å²) in [6.07, 6.45) is 0.651. The Morgan fingerprint density at radius 1 is 1.25 bits per heavy atom. The van der Waals surface area contributed by atoms with Gasteiger partial charge in [-0.25, -0.2) is 4.98 Å². The SMILES string of the molecule is CC(C)(CCO)CNC(=O)c1ccc2ccccc2n1. The zero-order chi connectivity index (χ0) is 14.6. The van der Waals surface area contributed by atoms with Crippen LogP contribution in [0.5, 0.6) is 0 Å². The Kier molecular flexibility index (Phi) is 4.35. The number of benzene rings is 1. The van der Waals surface area contributed by atoms with Gasteiger partial charge < -0.3 is 10.4 Å². The van der Waals surface area contributed by atoms with Crippen molar-refractivity contribution >= 4 is 16.8 Å². The third-order valence-corrected chi connectivity index (χ3v) is 3.35. The Morgan fingerprint density at radius 3 is 2.75 bits per heavy atom. The molecule has 0 radical (unpaired) electrons. The van der Waals surface area contributed by atoms with Crippen molar-refractivity contribution in [3.05, 3.63) is 42.1 Å². The summed E-state index contributed by atoms with van der Waals surface area (Å²) in [5, 5.41) is 12.9. The topological polar surface area (TPSA) is 62.2 Å². The van der Waals surface area contributed by atoms with E-state index in [0.717, 1.165) is 10.9 Å². The fourth-order valence-corrected chi connectivity index (χ4v) is 1.99. The van der Waals surface area contributed by atoms with Crippen LogP contribution >= 0.6 is 0 Å². The van der Waals surface area contributed by atoms with Crippen LogP contribution in [0.2, 0.25) is 0 Å². The van der Waals surface area contributed by atoms with E-state index in [-0.39, 0.29) is 17.9 Å². The van der Waals surface area contributed by atoms with Crippen molar-refractivity contribution in [1.29, 1.82) is 0 Å². The van der Waals surface area contributed by atoms with Crippen LogP contribution in [0.1, 0.15) is 30.8 Å². The number of carbonyl (C=O) groups excluding carboxylic acids is 1. The molecule has 1 heterocycles. The van der Waals surface area contributed by atoms with Crippen LogP contribution in [0.3, 0.4) is 0 Å². The molecule has 0 aliphatic heterocycles. The van der Waals surface area contributed by atoms with Crippen molar-refractivity contribution in [3.63, 3.8) is 0 Å².